The first-order valence-electron chi connectivity index (χ1n) is 11.0. The van der Waals surface area contributed by atoms with Crippen LogP contribution in [0.4, 0.5) is 0 Å². The van der Waals surface area contributed by atoms with Gasteiger partial charge in [0, 0.05) is 31.3 Å². The van der Waals surface area contributed by atoms with Crippen molar-refractivity contribution in [1.29, 1.82) is 0 Å². The Morgan fingerprint density at radius 2 is 1.86 bits per heavy atom. The molecule has 160 valence electrons. The van der Waals surface area contributed by atoms with E-state index in [2.05, 4.69) is 13.8 Å². The molecule has 0 saturated carbocycles. The molecule has 29 heavy (non-hydrogen) atoms. The second-order valence-corrected chi connectivity index (χ2v) is 9.47. The van der Waals surface area contributed by atoms with Gasteiger partial charge in [-0.15, -0.1) is 11.8 Å². The lowest BCUT2D eigenvalue weighted by Crippen LogP contribution is -2.55. The summed E-state index contributed by atoms with van der Waals surface area (Å²) in [4.78, 5) is 29.7. The minimum Gasteiger partial charge on any atom is -0.484 e. The predicted octanol–water partition coefficient (Wildman–Crippen LogP) is 4.18. The highest BCUT2D eigenvalue weighted by molar-refractivity contribution is 8.00. The SMILES string of the molecule is CCCCC(CC)C(=O)N1CCC2(CC1)SCCN2C(=O)COc1ccccc1. The molecule has 1 atom stereocenters. The van der Waals surface area contributed by atoms with Gasteiger partial charge in [0.2, 0.25) is 5.91 Å². The van der Waals surface area contributed by atoms with Crippen molar-refractivity contribution >= 4 is 23.6 Å². The molecule has 0 N–H and O–H groups in total. The van der Waals surface area contributed by atoms with Gasteiger partial charge in [0.1, 0.15) is 5.75 Å². The van der Waals surface area contributed by atoms with Gasteiger partial charge < -0.3 is 14.5 Å². The number of carbonyl (C=O) groups excluding carboxylic acids is 2. The first kappa shape index (κ1) is 22.0. The van der Waals surface area contributed by atoms with Crippen molar-refractivity contribution in [3.63, 3.8) is 0 Å². The second kappa shape index (κ2) is 10.4. The highest BCUT2D eigenvalue weighted by Crippen LogP contribution is 2.44. The summed E-state index contributed by atoms with van der Waals surface area (Å²) in [5, 5.41) is 0. The zero-order valence-electron chi connectivity index (χ0n) is 17.8. The van der Waals surface area contributed by atoms with E-state index >= 15 is 0 Å². The smallest absolute Gasteiger partial charge is 0.261 e. The molecule has 2 aliphatic heterocycles. The van der Waals surface area contributed by atoms with Gasteiger partial charge in [0.15, 0.2) is 6.61 Å². The Balaban J connectivity index is 1.55. The van der Waals surface area contributed by atoms with Crippen molar-refractivity contribution < 1.29 is 14.3 Å². The molecule has 1 aromatic carbocycles. The third-order valence-electron chi connectivity index (χ3n) is 6.19. The average molecular weight is 419 g/mol. The maximum absolute atomic E-state index is 12.9. The molecule has 1 unspecified atom stereocenters. The first-order valence-corrected chi connectivity index (χ1v) is 12.0. The van der Waals surface area contributed by atoms with Gasteiger partial charge in [-0.05, 0) is 37.8 Å². The number of nitrogens with zero attached hydrogens (tertiary/aromatic N) is 2. The minimum absolute atomic E-state index is 0.0491. The zero-order valence-corrected chi connectivity index (χ0v) is 18.6. The van der Waals surface area contributed by atoms with Gasteiger partial charge in [-0.3, -0.25) is 9.59 Å². The van der Waals surface area contributed by atoms with Crippen molar-refractivity contribution in [3.05, 3.63) is 30.3 Å². The molecule has 0 bridgehead atoms. The first-order chi connectivity index (χ1) is 14.1. The van der Waals surface area contributed by atoms with Gasteiger partial charge in [0.05, 0.1) is 4.87 Å². The lowest BCUT2D eigenvalue weighted by molar-refractivity contribution is -0.140. The molecule has 2 amide bonds. The van der Waals surface area contributed by atoms with E-state index in [1.54, 1.807) is 0 Å². The number of rotatable bonds is 8. The third kappa shape index (κ3) is 5.27. The van der Waals surface area contributed by atoms with Gasteiger partial charge in [-0.25, -0.2) is 0 Å². The Morgan fingerprint density at radius 3 is 2.52 bits per heavy atom. The Kier molecular flexibility index (Phi) is 7.87. The van der Waals surface area contributed by atoms with Crippen LogP contribution in [0.25, 0.3) is 0 Å². The molecule has 5 nitrogen and oxygen atoms in total. The zero-order chi connectivity index (χ0) is 20.7. The number of hydrogen-bond acceptors (Lipinski definition) is 4. The summed E-state index contributed by atoms with van der Waals surface area (Å²) in [6.45, 7) is 6.62. The van der Waals surface area contributed by atoms with E-state index in [4.69, 9.17) is 4.74 Å². The summed E-state index contributed by atoms with van der Waals surface area (Å²) in [6.07, 6.45) is 5.85. The molecule has 2 heterocycles. The normalized spacial score (nSPS) is 19.4. The number of likely N-dealkylation sites (tertiary alicyclic amines) is 1. The number of ether oxygens (including phenoxy) is 1. The van der Waals surface area contributed by atoms with E-state index < -0.39 is 0 Å². The van der Waals surface area contributed by atoms with Crippen molar-refractivity contribution in [1.82, 2.24) is 9.80 Å². The van der Waals surface area contributed by atoms with E-state index in [1.165, 1.54) is 0 Å². The van der Waals surface area contributed by atoms with E-state index in [1.807, 2.05) is 51.9 Å². The van der Waals surface area contributed by atoms with Crippen molar-refractivity contribution in [2.45, 2.75) is 57.2 Å². The summed E-state index contributed by atoms with van der Waals surface area (Å²) < 4.78 is 5.69. The minimum atomic E-state index is -0.168. The summed E-state index contributed by atoms with van der Waals surface area (Å²) >= 11 is 1.88. The van der Waals surface area contributed by atoms with Gasteiger partial charge >= 0.3 is 0 Å². The number of hydrogen-bond donors (Lipinski definition) is 0. The molecule has 2 saturated heterocycles. The number of amides is 2. The fraction of sp³-hybridized carbons (Fsp3) is 0.652. The van der Waals surface area contributed by atoms with Crippen LogP contribution in [0.5, 0.6) is 5.75 Å². The van der Waals surface area contributed by atoms with E-state index in [0.717, 1.165) is 69.7 Å². The monoisotopic (exact) mass is 418 g/mol. The molecular formula is C23H34N2O3S. The topological polar surface area (TPSA) is 49.9 Å². The maximum atomic E-state index is 12.9. The molecule has 3 rings (SSSR count). The van der Waals surface area contributed by atoms with E-state index in [9.17, 15) is 9.59 Å². The molecule has 1 aromatic rings. The van der Waals surface area contributed by atoms with Crippen LogP contribution < -0.4 is 4.74 Å². The quantitative estimate of drug-likeness (QED) is 0.636. The van der Waals surface area contributed by atoms with Crippen molar-refractivity contribution in [3.8, 4) is 5.75 Å². The maximum Gasteiger partial charge on any atom is 0.261 e. The molecule has 2 fully saturated rings. The van der Waals surface area contributed by atoms with Crippen LogP contribution >= 0.6 is 11.8 Å². The lowest BCUT2D eigenvalue weighted by Gasteiger charge is -2.44. The van der Waals surface area contributed by atoms with Crippen molar-refractivity contribution in [2.75, 3.05) is 32.0 Å². The Labute approximate surface area is 179 Å². The van der Waals surface area contributed by atoms with Crippen LogP contribution in [-0.2, 0) is 9.59 Å². The molecular weight excluding hydrogens is 384 g/mol. The van der Waals surface area contributed by atoms with Crippen LogP contribution in [0.15, 0.2) is 30.3 Å². The molecule has 6 heteroatoms. The largest absolute Gasteiger partial charge is 0.484 e. The number of para-hydroxylation sites is 1. The molecule has 2 aliphatic rings. The predicted molar refractivity (Wildman–Crippen MR) is 118 cm³/mol. The lowest BCUT2D eigenvalue weighted by atomic mass is 9.95. The second-order valence-electron chi connectivity index (χ2n) is 8.01. The van der Waals surface area contributed by atoms with Crippen molar-refractivity contribution in [2.24, 2.45) is 5.92 Å². The van der Waals surface area contributed by atoms with E-state index in [0.29, 0.717) is 5.91 Å². The highest BCUT2D eigenvalue weighted by atomic mass is 32.2. The standard InChI is InChI=1S/C23H34N2O3S/c1-3-5-9-19(4-2)22(27)24-14-12-23(13-15-24)25(16-17-29-23)21(26)18-28-20-10-7-6-8-11-20/h6-8,10-11,19H,3-5,9,12-18H2,1-2H3. The Bertz CT molecular complexity index is 674. The number of piperidine rings is 1. The fourth-order valence-electron chi connectivity index (χ4n) is 4.40. The summed E-state index contributed by atoms with van der Waals surface area (Å²) in [7, 11) is 0. The fourth-order valence-corrected chi connectivity index (χ4v) is 5.88. The Morgan fingerprint density at radius 1 is 1.14 bits per heavy atom. The molecule has 0 radical (unpaired) electrons. The van der Waals surface area contributed by atoms with Crippen LogP contribution in [0, 0.1) is 5.92 Å². The van der Waals surface area contributed by atoms with Crippen LogP contribution in [-0.4, -0.2) is 58.5 Å². The summed E-state index contributed by atoms with van der Waals surface area (Å²) in [5.41, 5.74) is 0. The summed E-state index contributed by atoms with van der Waals surface area (Å²) in [5.74, 6) is 2.19. The average Bonchev–Trinajstić information content (AvgIpc) is 3.16. The van der Waals surface area contributed by atoms with Crippen LogP contribution in [0.3, 0.4) is 0 Å². The number of carbonyl (C=O) groups is 2. The Hall–Kier alpha value is -1.69. The molecule has 0 aromatic heterocycles. The van der Waals surface area contributed by atoms with Crippen LogP contribution in [0.1, 0.15) is 52.4 Å². The van der Waals surface area contributed by atoms with Gasteiger partial charge in [0.25, 0.3) is 5.91 Å². The number of thioether (sulfide) groups is 1. The number of unbranched alkanes of at least 4 members (excludes halogenated alkanes) is 1. The van der Waals surface area contributed by atoms with Crippen LogP contribution in [0.2, 0.25) is 0 Å². The highest BCUT2D eigenvalue weighted by Gasteiger charge is 2.47. The van der Waals surface area contributed by atoms with E-state index in [-0.39, 0.29) is 23.3 Å². The summed E-state index contributed by atoms with van der Waals surface area (Å²) in [6, 6.07) is 9.48. The molecule has 1 spiro atoms. The molecule has 0 aliphatic carbocycles. The van der Waals surface area contributed by atoms with Gasteiger partial charge in [-0.2, -0.15) is 0 Å². The van der Waals surface area contributed by atoms with Gasteiger partial charge in [-0.1, -0.05) is 44.9 Å². The number of benzene rings is 1. The third-order valence-corrected chi connectivity index (χ3v) is 7.74.